The molecule has 0 saturated carbocycles. The molecule has 1 aromatic heterocycles. The van der Waals surface area contributed by atoms with Crippen molar-refractivity contribution in [2.75, 3.05) is 7.05 Å². The molecule has 82 valence electrons. The Labute approximate surface area is 94.5 Å². The zero-order chi connectivity index (χ0) is 11.1. The van der Waals surface area contributed by atoms with Crippen molar-refractivity contribution in [2.24, 2.45) is 0 Å². The van der Waals surface area contributed by atoms with Crippen LogP contribution in [0.25, 0.3) is 5.69 Å². The molecule has 1 aromatic carbocycles. The summed E-state index contributed by atoms with van der Waals surface area (Å²) in [5.41, 5.74) is 3.83. The van der Waals surface area contributed by atoms with Crippen molar-refractivity contribution in [3.05, 3.63) is 41.5 Å². The van der Waals surface area contributed by atoms with Crippen LogP contribution in [0.3, 0.4) is 0 Å². The molecular weight excluding hydrogens is 200 g/mol. The van der Waals surface area contributed by atoms with Gasteiger partial charge in [-0.1, -0.05) is 17.7 Å². The molecule has 2 heterocycles. The van der Waals surface area contributed by atoms with E-state index in [-0.39, 0.29) is 0 Å². The van der Waals surface area contributed by atoms with E-state index >= 15 is 0 Å². The molecule has 0 saturated heterocycles. The van der Waals surface area contributed by atoms with E-state index in [1.54, 1.807) is 6.33 Å². The van der Waals surface area contributed by atoms with E-state index in [1.165, 1.54) is 16.8 Å². The largest absolute Gasteiger partial charge is 0.295 e. The molecule has 0 unspecified atom stereocenters. The monoisotopic (exact) mass is 214 g/mol. The van der Waals surface area contributed by atoms with Gasteiger partial charge in [0.15, 0.2) is 5.82 Å². The molecule has 0 bridgehead atoms. The predicted molar refractivity (Wildman–Crippen MR) is 61.3 cm³/mol. The van der Waals surface area contributed by atoms with Crippen LogP contribution in [0.5, 0.6) is 0 Å². The van der Waals surface area contributed by atoms with E-state index in [0.29, 0.717) is 0 Å². The number of benzene rings is 1. The zero-order valence-electron chi connectivity index (χ0n) is 9.51. The van der Waals surface area contributed by atoms with Crippen LogP contribution in [0.4, 0.5) is 0 Å². The summed E-state index contributed by atoms with van der Waals surface area (Å²) in [7, 11) is 2.11. The lowest BCUT2D eigenvalue weighted by Gasteiger charge is -2.12. The summed E-state index contributed by atoms with van der Waals surface area (Å²) in [5.74, 6) is 1.00. The molecule has 3 rings (SSSR count). The van der Waals surface area contributed by atoms with E-state index < -0.39 is 0 Å². The Morgan fingerprint density at radius 3 is 3.00 bits per heavy atom. The van der Waals surface area contributed by atoms with E-state index in [4.69, 9.17) is 0 Å². The van der Waals surface area contributed by atoms with E-state index in [1.807, 2.05) is 0 Å². The van der Waals surface area contributed by atoms with E-state index in [0.717, 1.165) is 18.9 Å². The highest BCUT2D eigenvalue weighted by Gasteiger charge is 2.17. The first kappa shape index (κ1) is 9.54. The fourth-order valence-electron chi connectivity index (χ4n) is 2.23. The number of aryl methyl sites for hydroxylation is 1. The van der Waals surface area contributed by atoms with Gasteiger partial charge in [0.25, 0.3) is 0 Å². The Morgan fingerprint density at radius 2 is 2.12 bits per heavy atom. The third-order valence-electron chi connectivity index (χ3n) is 2.96. The maximum Gasteiger partial charge on any atom is 0.151 e. The molecule has 1 aliphatic rings. The molecule has 0 N–H and O–H groups in total. The summed E-state index contributed by atoms with van der Waals surface area (Å²) in [5, 5.41) is 8.15. The van der Waals surface area contributed by atoms with Gasteiger partial charge >= 0.3 is 0 Å². The van der Waals surface area contributed by atoms with Crippen molar-refractivity contribution in [1.29, 1.82) is 0 Å². The van der Waals surface area contributed by atoms with Gasteiger partial charge in [0.1, 0.15) is 6.33 Å². The highest BCUT2D eigenvalue weighted by Crippen LogP contribution is 2.23. The highest BCUT2D eigenvalue weighted by molar-refractivity contribution is 5.44. The van der Waals surface area contributed by atoms with Crippen molar-refractivity contribution in [1.82, 2.24) is 19.7 Å². The normalized spacial score (nSPS) is 15.4. The number of fused-ring (bicyclic) bond motifs is 3. The molecule has 4 heteroatoms. The van der Waals surface area contributed by atoms with Gasteiger partial charge in [-0.2, -0.15) is 0 Å². The minimum Gasteiger partial charge on any atom is -0.295 e. The van der Waals surface area contributed by atoms with Crippen LogP contribution in [0.2, 0.25) is 0 Å². The van der Waals surface area contributed by atoms with Gasteiger partial charge in [-0.3, -0.25) is 9.47 Å². The van der Waals surface area contributed by atoms with Crippen LogP contribution in [0, 0.1) is 6.92 Å². The fourth-order valence-corrected chi connectivity index (χ4v) is 2.23. The minimum atomic E-state index is 0.841. The van der Waals surface area contributed by atoms with Crippen LogP contribution in [0.1, 0.15) is 17.0 Å². The molecular formula is C12H14N4. The Morgan fingerprint density at radius 1 is 1.25 bits per heavy atom. The van der Waals surface area contributed by atoms with Crippen molar-refractivity contribution in [3.63, 3.8) is 0 Å². The molecule has 0 spiro atoms. The molecule has 1 aliphatic heterocycles. The standard InChI is InChI=1S/C12H14N4/c1-9-3-4-11-10(5-9)6-15(2)7-12-14-13-8-16(11)12/h3-5,8H,6-7H2,1-2H3. The number of aromatic nitrogens is 3. The minimum absolute atomic E-state index is 0.841. The lowest BCUT2D eigenvalue weighted by molar-refractivity contribution is 0.315. The lowest BCUT2D eigenvalue weighted by atomic mass is 10.1. The first-order chi connectivity index (χ1) is 7.74. The lowest BCUT2D eigenvalue weighted by Crippen LogP contribution is -2.16. The van der Waals surface area contributed by atoms with Gasteiger partial charge in [-0.05, 0) is 25.6 Å². The van der Waals surface area contributed by atoms with Gasteiger partial charge in [-0.25, -0.2) is 0 Å². The second kappa shape index (κ2) is 3.42. The number of hydrogen-bond donors (Lipinski definition) is 0. The molecule has 0 atom stereocenters. The van der Waals surface area contributed by atoms with Crippen molar-refractivity contribution in [3.8, 4) is 5.69 Å². The molecule has 16 heavy (non-hydrogen) atoms. The van der Waals surface area contributed by atoms with Gasteiger partial charge in [0, 0.05) is 6.54 Å². The Bertz CT molecular complexity index is 530. The average Bonchev–Trinajstić information content (AvgIpc) is 2.61. The van der Waals surface area contributed by atoms with Crippen LogP contribution >= 0.6 is 0 Å². The van der Waals surface area contributed by atoms with Crippen molar-refractivity contribution < 1.29 is 0 Å². The number of nitrogens with zero attached hydrogens (tertiary/aromatic N) is 4. The predicted octanol–water partition coefficient (Wildman–Crippen LogP) is 1.52. The maximum atomic E-state index is 4.16. The molecule has 4 nitrogen and oxygen atoms in total. The third kappa shape index (κ3) is 1.42. The SMILES string of the molecule is Cc1ccc2c(c1)CN(C)Cc1nncn1-2. The Balaban J connectivity index is 2.24. The Hall–Kier alpha value is -1.68. The summed E-state index contributed by atoms with van der Waals surface area (Å²) < 4.78 is 2.08. The summed E-state index contributed by atoms with van der Waals surface area (Å²) in [6.07, 6.45) is 1.79. The second-order valence-electron chi connectivity index (χ2n) is 4.42. The first-order valence-electron chi connectivity index (χ1n) is 5.41. The second-order valence-corrected chi connectivity index (χ2v) is 4.42. The molecule has 0 aliphatic carbocycles. The van der Waals surface area contributed by atoms with Gasteiger partial charge in [-0.15, -0.1) is 10.2 Å². The quantitative estimate of drug-likeness (QED) is 0.666. The fraction of sp³-hybridized carbons (Fsp3) is 0.333. The van der Waals surface area contributed by atoms with E-state index in [2.05, 4.69) is 51.8 Å². The van der Waals surface area contributed by atoms with Crippen molar-refractivity contribution >= 4 is 0 Å². The number of hydrogen-bond acceptors (Lipinski definition) is 3. The van der Waals surface area contributed by atoms with Gasteiger partial charge in [0.05, 0.1) is 12.2 Å². The molecule has 0 radical (unpaired) electrons. The van der Waals surface area contributed by atoms with Crippen LogP contribution < -0.4 is 0 Å². The summed E-state index contributed by atoms with van der Waals surface area (Å²) in [6.45, 7) is 3.92. The zero-order valence-corrected chi connectivity index (χ0v) is 9.51. The van der Waals surface area contributed by atoms with Crippen molar-refractivity contribution in [2.45, 2.75) is 20.0 Å². The number of rotatable bonds is 0. The highest BCUT2D eigenvalue weighted by atomic mass is 15.3. The van der Waals surface area contributed by atoms with Gasteiger partial charge in [0.2, 0.25) is 0 Å². The summed E-state index contributed by atoms with van der Waals surface area (Å²) in [6, 6.07) is 6.52. The van der Waals surface area contributed by atoms with Crippen LogP contribution in [-0.2, 0) is 13.1 Å². The van der Waals surface area contributed by atoms with Gasteiger partial charge < -0.3 is 0 Å². The summed E-state index contributed by atoms with van der Waals surface area (Å²) >= 11 is 0. The summed E-state index contributed by atoms with van der Waals surface area (Å²) in [4.78, 5) is 2.26. The van der Waals surface area contributed by atoms with Crippen LogP contribution in [0.15, 0.2) is 24.5 Å². The Kier molecular flexibility index (Phi) is 2.04. The third-order valence-corrected chi connectivity index (χ3v) is 2.96. The topological polar surface area (TPSA) is 34.0 Å². The maximum absolute atomic E-state index is 4.16. The average molecular weight is 214 g/mol. The molecule has 0 fully saturated rings. The van der Waals surface area contributed by atoms with Crippen LogP contribution in [-0.4, -0.2) is 26.7 Å². The first-order valence-corrected chi connectivity index (χ1v) is 5.41. The van der Waals surface area contributed by atoms with E-state index in [9.17, 15) is 0 Å². The smallest absolute Gasteiger partial charge is 0.151 e. The molecule has 2 aromatic rings. The molecule has 0 amide bonds.